The van der Waals surface area contributed by atoms with Crippen molar-refractivity contribution in [1.82, 2.24) is 4.90 Å². The summed E-state index contributed by atoms with van der Waals surface area (Å²) in [4.78, 5) is 36.0. The van der Waals surface area contributed by atoms with Gasteiger partial charge in [0, 0.05) is 17.8 Å². The van der Waals surface area contributed by atoms with Crippen molar-refractivity contribution in [2.24, 2.45) is 0 Å². The van der Waals surface area contributed by atoms with E-state index in [1.54, 1.807) is 17.0 Å². The summed E-state index contributed by atoms with van der Waals surface area (Å²) < 4.78 is 4.88. The third-order valence-corrected chi connectivity index (χ3v) is 3.82. The van der Waals surface area contributed by atoms with Gasteiger partial charge in [-0.05, 0) is 42.0 Å². The molecule has 0 aliphatic carbocycles. The van der Waals surface area contributed by atoms with Crippen LogP contribution in [0.2, 0.25) is 0 Å². The molecule has 2 aromatic carbocycles. The Hall–Kier alpha value is -3.35. The number of carboxylic acid groups (broad SMARTS) is 1. The molecule has 7 heteroatoms. The summed E-state index contributed by atoms with van der Waals surface area (Å²) in [6.07, 6.45) is -0.317. The first-order valence-corrected chi connectivity index (χ1v) is 7.68. The van der Waals surface area contributed by atoms with Crippen molar-refractivity contribution in [3.8, 4) is 0 Å². The molecule has 0 unspecified atom stereocenters. The molecular weight excluding hydrogens is 324 g/mol. The number of carbonyl (C=O) groups excluding carboxylic acids is 2. The minimum atomic E-state index is -1.04. The van der Waals surface area contributed by atoms with E-state index in [0.717, 1.165) is 5.56 Å². The number of benzene rings is 2. The predicted molar refractivity (Wildman–Crippen MR) is 89.6 cm³/mol. The van der Waals surface area contributed by atoms with Crippen molar-refractivity contribution in [2.75, 3.05) is 18.5 Å². The molecule has 0 atom stereocenters. The van der Waals surface area contributed by atoms with Gasteiger partial charge in [0.15, 0.2) is 0 Å². The summed E-state index contributed by atoms with van der Waals surface area (Å²) in [6, 6.07) is 12.9. The van der Waals surface area contributed by atoms with E-state index in [-0.39, 0.29) is 17.6 Å². The number of amides is 2. The van der Waals surface area contributed by atoms with Gasteiger partial charge in [-0.25, -0.2) is 9.59 Å². The number of carbonyl (C=O) groups is 3. The van der Waals surface area contributed by atoms with Crippen LogP contribution in [0.3, 0.4) is 0 Å². The lowest BCUT2D eigenvalue weighted by atomic mass is 10.1. The van der Waals surface area contributed by atoms with E-state index in [1.165, 1.54) is 24.3 Å². The maximum Gasteiger partial charge on any atom is 0.410 e. The molecule has 1 heterocycles. The molecule has 2 aromatic rings. The van der Waals surface area contributed by atoms with Gasteiger partial charge in [-0.1, -0.05) is 12.1 Å². The molecule has 0 saturated carbocycles. The minimum Gasteiger partial charge on any atom is -0.478 e. The number of cyclic esters (lactones) is 1. The number of nitrogens with one attached hydrogen (secondary N) is 1. The van der Waals surface area contributed by atoms with Crippen molar-refractivity contribution >= 4 is 23.7 Å². The number of ether oxygens (including phenoxy) is 1. The van der Waals surface area contributed by atoms with Crippen LogP contribution in [0.25, 0.3) is 0 Å². The largest absolute Gasteiger partial charge is 0.478 e. The number of rotatable bonds is 5. The standard InChI is InChI=1S/C18H16N2O5/c21-16(13-3-5-14(6-4-13)17(22)23)19-15-7-1-12(2-8-15)11-20-9-10-25-18(20)24/h1-8H,9-11H2,(H,19,21)(H,22,23). The highest BCUT2D eigenvalue weighted by atomic mass is 16.6. The number of aromatic carboxylic acids is 1. The zero-order valence-corrected chi connectivity index (χ0v) is 13.3. The fourth-order valence-electron chi connectivity index (χ4n) is 2.45. The molecule has 128 valence electrons. The highest BCUT2D eigenvalue weighted by molar-refractivity contribution is 6.04. The van der Waals surface area contributed by atoms with Crippen LogP contribution < -0.4 is 5.32 Å². The molecule has 0 radical (unpaired) electrons. The molecule has 2 N–H and O–H groups in total. The highest BCUT2D eigenvalue weighted by Gasteiger charge is 2.21. The second-order valence-corrected chi connectivity index (χ2v) is 5.57. The van der Waals surface area contributed by atoms with Gasteiger partial charge in [0.2, 0.25) is 0 Å². The van der Waals surface area contributed by atoms with Gasteiger partial charge in [-0.2, -0.15) is 0 Å². The lowest BCUT2D eigenvalue weighted by molar-refractivity contribution is 0.0696. The zero-order valence-electron chi connectivity index (χ0n) is 13.3. The molecule has 0 spiro atoms. The van der Waals surface area contributed by atoms with Gasteiger partial charge in [-0.3, -0.25) is 4.79 Å². The van der Waals surface area contributed by atoms with Crippen LogP contribution in [-0.4, -0.2) is 41.1 Å². The van der Waals surface area contributed by atoms with Crippen molar-refractivity contribution in [3.63, 3.8) is 0 Å². The Morgan fingerprint density at radius 1 is 1.04 bits per heavy atom. The number of hydrogen-bond acceptors (Lipinski definition) is 4. The summed E-state index contributed by atoms with van der Waals surface area (Å²) in [5, 5.41) is 11.6. The van der Waals surface area contributed by atoms with Gasteiger partial charge in [0.05, 0.1) is 12.1 Å². The van der Waals surface area contributed by atoms with Gasteiger partial charge >= 0.3 is 12.1 Å². The van der Waals surface area contributed by atoms with Gasteiger partial charge < -0.3 is 20.1 Å². The van der Waals surface area contributed by atoms with Crippen LogP contribution in [0.5, 0.6) is 0 Å². The van der Waals surface area contributed by atoms with Crippen LogP contribution in [0.4, 0.5) is 10.5 Å². The monoisotopic (exact) mass is 340 g/mol. The first-order valence-electron chi connectivity index (χ1n) is 7.68. The Morgan fingerprint density at radius 3 is 2.24 bits per heavy atom. The van der Waals surface area contributed by atoms with Gasteiger partial charge in [-0.15, -0.1) is 0 Å². The first-order chi connectivity index (χ1) is 12.0. The fourth-order valence-corrected chi connectivity index (χ4v) is 2.45. The molecule has 2 amide bonds. The maximum absolute atomic E-state index is 12.2. The van der Waals surface area contributed by atoms with Crippen LogP contribution in [0, 0.1) is 0 Å². The smallest absolute Gasteiger partial charge is 0.410 e. The van der Waals surface area contributed by atoms with Gasteiger partial charge in [0.1, 0.15) is 6.61 Å². The Bertz CT molecular complexity index is 799. The van der Waals surface area contributed by atoms with Crippen molar-refractivity contribution < 1.29 is 24.2 Å². The predicted octanol–water partition coefficient (Wildman–Crippen LogP) is 2.59. The molecule has 1 fully saturated rings. The second-order valence-electron chi connectivity index (χ2n) is 5.57. The summed E-state index contributed by atoms with van der Waals surface area (Å²) in [5.41, 5.74) is 2.04. The van der Waals surface area contributed by atoms with Crippen LogP contribution in [0.15, 0.2) is 48.5 Å². The average molecular weight is 340 g/mol. The highest BCUT2D eigenvalue weighted by Crippen LogP contribution is 2.15. The second kappa shape index (κ2) is 7.04. The molecular formula is C18H16N2O5. The van der Waals surface area contributed by atoms with Crippen LogP contribution in [-0.2, 0) is 11.3 Å². The number of carboxylic acids is 1. The number of nitrogens with zero attached hydrogens (tertiary/aromatic N) is 1. The molecule has 3 rings (SSSR count). The maximum atomic E-state index is 12.2. The van der Waals surface area contributed by atoms with Crippen molar-refractivity contribution in [1.29, 1.82) is 0 Å². The summed E-state index contributed by atoms with van der Waals surface area (Å²) in [7, 11) is 0. The molecule has 0 aromatic heterocycles. The molecule has 0 bridgehead atoms. The number of anilines is 1. The molecule has 7 nitrogen and oxygen atoms in total. The number of hydrogen-bond donors (Lipinski definition) is 2. The Balaban J connectivity index is 1.61. The third-order valence-electron chi connectivity index (χ3n) is 3.82. The lowest BCUT2D eigenvalue weighted by Gasteiger charge is -2.13. The normalized spacial score (nSPS) is 13.4. The lowest BCUT2D eigenvalue weighted by Crippen LogP contribution is -2.23. The quantitative estimate of drug-likeness (QED) is 0.872. The van der Waals surface area contributed by atoms with E-state index in [0.29, 0.717) is 30.9 Å². The van der Waals surface area contributed by atoms with Crippen molar-refractivity contribution in [3.05, 3.63) is 65.2 Å². The van der Waals surface area contributed by atoms with E-state index in [4.69, 9.17) is 9.84 Å². The molecule has 25 heavy (non-hydrogen) atoms. The van der Waals surface area contributed by atoms with Gasteiger partial charge in [0.25, 0.3) is 5.91 Å². The van der Waals surface area contributed by atoms with Crippen LogP contribution in [0.1, 0.15) is 26.3 Å². The fraction of sp³-hybridized carbons (Fsp3) is 0.167. The Labute approximate surface area is 143 Å². The summed E-state index contributed by atoms with van der Waals surface area (Å²) in [5.74, 6) is -1.36. The average Bonchev–Trinajstić information content (AvgIpc) is 3.01. The summed E-state index contributed by atoms with van der Waals surface area (Å²) in [6.45, 7) is 1.45. The van der Waals surface area contributed by atoms with E-state index in [2.05, 4.69) is 5.32 Å². The van der Waals surface area contributed by atoms with E-state index in [1.807, 2.05) is 12.1 Å². The summed E-state index contributed by atoms with van der Waals surface area (Å²) >= 11 is 0. The molecule has 1 saturated heterocycles. The first kappa shape index (κ1) is 16.5. The zero-order chi connectivity index (χ0) is 17.8. The van der Waals surface area contributed by atoms with E-state index in [9.17, 15) is 14.4 Å². The minimum absolute atomic E-state index is 0.126. The SMILES string of the molecule is O=C(O)c1ccc(C(=O)Nc2ccc(CN3CCOC3=O)cc2)cc1. The van der Waals surface area contributed by atoms with E-state index >= 15 is 0 Å². The van der Waals surface area contributed by atoms with Crippen molar-refractivity contribution in [2.45, 2.75) is 6.54 Å². The third kappa shape index (κ3) is 3.95. The molecule has 1 aliphatic heterocycles. The Morgan fingerprint density at radius 2 is 1.68 bits per heavy atom. The topological polar surface area (TPSA) is 95.9 Å². The van der Waals surface area contributed by atoms with E-state index < -0.39 is 5.97 Å². The van der Waals surface area contributed by atoms with Crippen LogP contribution >= 0.6 is 0 Å². The molecule has 1 aliphatic rings. The Kier molecular flexibility index (Phi) is 4.65.